The minimum Gasteiger partial charge on any atom is -0.314 e. The molecule has 2 atom stereocenters. The molecule has 2 rings (SSSR count). The van der Waals surface area contributed by atoms with E-state index in [1.165, 1.54) is 0 Å². The molecule has 2 aromatic carbocycles. The van der Waals surface area contributed by atoms with Crippen LogP contribution in [-0.2, 0) is 15.6 Å². The molecule has 0 aromatic heterocycles. The van der Waals surface area contributed by atoms with E-state index in [1.807, 2.05) is 72.8 Å². The molecule has 120 valence electrons. The fourth-order valence-electron chi connectivity index (χ4n) is 2.15. The van der Waals surface area contributed by atoms with Crippen LogP contribution in [0.1, 0.15) is 12.5 Å². The summed E-state index contributed by atoms with van der Waals surface area (Å²) in [4.78, 5) is 14.0. The van der Waals surface area contributed by atoms with Crippen LogP contribution in [0.25, 0.3) is 6.08 Å². The molecule has 3 nitrogen and oxygen atoms in total. The number of carbonyl (C=O) groups excluding carboxylic acids is 1. The van der Waals surface area contributed by atoms with Crippen molar-refractivity contribution in [3.8, 4) is 0 Å². The van der Waals surface area contributed by atoms with Crippen LogP contribution in [0.2, 0.25) is 0 Å². The monoisotopic (exact) mass is 327 g/mol. The van der Waals surface area contributed by atoms with Crippen molar-refractivity contribution < 1.29 is 9.00 Å². The lowest BCUT2D eigenvalue weighted by Gasteiger charge is -2.20. The van der Waals surface area contributed by atoms with Gasteiger partial charge in [-0.15, -0.1) is 0 Å². The number of hydrogen-bond donors (Lipinski definition) is 0. The predicted molar refractivity (Wildman–Crippen MR) is 97.8 cm³/mol. The van der Waals surface area contributed by atoms with Crippen LogP contribution in [0.4, 0.5) is 5.69 Å². The number of nitrogens with zero attached hydrogens (tertiary/aromatic N) is 1. The second-order valence-corrected chi connectivity index (χ2v) is 7.04. The number of amides is 1. The van der Waals surface area contributed by atoms with Crippen LogP contribution in [0.15, 0.2) is 66.7 Å². The van der Waals surface area contributed by atoms with Gasteiger partial charge < -0.3 is 4.90 Å². The highest BCUT2D eigenvalue weighted by atomic mass is 32.2. The van der Waals surface area contributed by atoms with Crippen LogP contribution in [-0.4, -0.2) is 28.2 Å². The lowest BCUT2D eigenvalue weighted by atomic mass is 10.2. The van der Waals surface area contributed by atoms with Gasteiger partial charge in [0.1, 0.15) is 5.25 Å². The molecule has 0 unspecified atom stereocenters. The summed E-state index contributed by atoms with van der Waals surface area (Å²) in [6.45, 7) is 1.72. The van der Waals surface area contributed by atoms with Gasteiger partial charge in [0, 0.05) is 29.3 Å². The van der Waals surface area contributed by atoms with Gasteiger partial charge in [-0.05, 0) is 24.6 Å². The number of carbonyl (C=O) groups is 1. The third-order valence-corrected chi connectivity index (χ3v) is 5.10. The minimum absolute atomic E-state index is 0.136. The first kappa shape index (κ1) is 17.2. The van der Waals surface area contributed by atoms with Gasteiger partial charge in [-0.25, -0.2) is 0 Å². The maximum atomic E-state index is 12.4. The fourth-order valence-corrected chi connectivity index (χ4v) is 3.11. The molecule has 0 aliphatic heterocycles. The molecule has 1 amide bonds. The summed E-state index contributed by atoms with van der Waals surface area (Å²) in [7, 11) is 0.473. The van der Waals surface area contributed by atoms with E-state index in [9.17, 15) is 9.00 Å². The van der Waals surface area contributed by atoms with Gasteiger partial charge in [-0.3, -0.25) is 9.00 Å². The number of benzene rings is 2. The maximum absolute atomic E-state index is 12.4. The molecule has 0 aliphatic carbocycles. The van der Waals surface area contributed by atoms with Crippen LogP contribution in [0, 0.1) is 0 Å². The van der Waals surface area contributed by atoms with E-state index in [0.717, 1.165) is 11.3 Å². The number of rotatable bonds is 6. The highest BCUT2D eigenvalue weighted by Crippen LogP contribution is 2.14. The lowest BCUT2D eigenvalue weighted by molar-refractivity contribution is -0.117. The Labute approximate surface area is 140 Å². The van der Waals surface area contributed by atoms with Crippen molar-refractivity contribution in [2.75, 3.05) is 17.7 Å². The molecule has 23 heavy (non-hydrogen) atoms. The van der Waals surface area contributed by atoms with Gasteiger partial charge >= 0.3 is 0 Å². The van der Waals surface area contributed by atoms with E-state index >= 15 is 0 Å². The highest BCUT2D eigenvalue weighted by molar-refractivity contribution is 7.86. The Hall–Kier alpha value is -2.20. The summed E-state index contributed by atoms with van der Waals surface area (Å²) in [5.41, 5.74) is 1.87. The van der Waals surface area contributed by atoms with E-state index in [0.29, 0.717) is 5.75 Å². The van der Waals surface area contributed by atoms with Crippen molar-refractivity contribution in [2.45, 2.75) is 12.2 Å². The Balaban J connectivity index is 1.94. The van der Waals surface area contributed by atoms with E-state index in [1.54, 1.807) is 18.9 Å². The largest absolute Gasteiger partial charge is 0.314 e. The zero-order valence-electron chi connectivity index (χ0n) is 13.4. The average molecular weight is 327 g/mol. The van der Waals surface area contributed by atoms with E-state index in [4.69, 9.17) is 0 Å². The van der Waals surface area contributed by atoms with Crippen LogP contribution in [0.3, 0.4) is 0 Å². The van der Waals surface area contributed by atoms with Crippen LogP contribution >= 0.6 is 0 Å². The van der Waals surface area contributed by atoms with Gasteiger partial charge in [0.25, 0.3) is 0 Å². The molecule has 0 aliphatic rings. The molecule has 0 spiro atoms. The molecule has 0 saturated carbocycles. The van der Waals surface area contributed by atoms with Gasteiger partial charge in [0.05, 0.1) is 0 Å². The third kappa shape index (κ3) is 4.89. The smallest absolute Gasteiger partial charge is 0.242 e. The number of hydrogen-bond acceptors (Lipinski definition) is 2. The summed E-state index contributed by atoms with van der Waals surface area (Å²) >= 11 is 0. The van der Waals surface area contributed by atoms with E-state index in [-0.39, 0.29) is 5.91 Å². The third-order valence-electron chi connectivity index (χ3n) is 3.59. The maximum Gasteiger partial charge on any atom is 0.242 e. The predicted octanol–water partition coefficient (Wildman–Crippen LogP) is 3.50. The molecule has 0 bridgehead atoms. The Morgan fingerprint density at radius 3 is 2.26 bits per heavy atom. The average Bonchev–Trinajstić information content (AvgIpc) is 2.61. The fraction of sp³-hybridized carbons (Fsp3) is 0.211. The normalized spacial score (nSPS) is 13.7. The number of anilines is 1. The molecule has 0 saturated heterocycles. The Kier molecular flexibility index (Phi) is 6.29. The minimum atomic E-state index is -1.24. The van der Waals surface area contributed by atoms with Crippen LogP contribution < -0.4 is 4.90 Å². The molecular formula is C19H21NO2S. The van der Waals surface area contributed by atoms with Gasteiger partial charge in [-0.2, -0.15) is 0 Å². The molecule has 0 heterocycles. The molecule has 0 N–H and O–H groups in total. The molecule has 4 heteroatoms. The molecule has 0 fully saturated rings. The van der Waals surface area contributed by atoms with Crippen molar-refractivity contribution in [3.63, 3.8) is 0 Å². The lowest BCUT2D eigenvalue weighted by Crippen LogP contribution is -2.37. The summed E-state index contributed by atoms with van der Waals surface area (Å²) in [5.74, 6) is 0.229. The van der Waals surface area contributed by atoms with Gasteiger partial charge in [0.15, 0.2) is 0 Å². The topological polar surface area (TPSA) is 37.4 Å². The zero-order valence-corrected chi connectivity index (χ0v) is 14.2. The summed E-state index contributed by atoms with van der Waals surface area (Å²) in [6, 6.07) is 19.2. The first-order chi connectivity index (χ1) is 11.1. The highest BCUT2D eigenvalue weighted by Gasteiger charge is 2.23. The van der Waals surface area contributed by atoms with E-state index in [2.05, 4.69) is 0 Å². The Bertz CT molecular complexity index is 683. The first-order valence-corrected chi connectivity index (χ1v) is 8.89. The Morgan fingerprint density at radius 2 is 1.65 bits per heavy atom. The standard InChI is InChI=1S/C19H21NO2S/c1-16(19(21)20(2)18-13-7-4-8-14-18)23(22)15-9-12-17-10-5-3-6-11-17/h3-14,16H,15H2,1-2H3/b12-9+/t16-,23-/m1/s1. The molecule has 2 aromatic rings. The SMILES string of the molecule is C[C@H](C(=O)N(C)c1ccccc1)[S@](=O)C/C=C/c1ccccc1. The van der Waals surface area contributed by atoms with Crippen molar-refractivity contribution in [1.82, 2.24) is 0 Å². The van der Waals surface area contributed by atoms with E-state index < -0.39 is 16.0 Å². The van der Waals surface area contributed by atoms with Crippen molar-refractivity contribution in [1.29, 1.82) is 0 Å². The second kappa shape index (κ2) is 8.44. The second-order valence-electron chi connectivity index (χ2n) is 5.24. The summed E-state index contributed by atoms with van der Waals surface area (Å²) in [6.07, 6.45) is 3.79. The zero-order chi connectivity index (χ0) is 16.7. The summed E-state index contributed by atoms with van der Waals surface area (Å²) in [5, 5.41) is -0.541. The van der Waals surface area contributed by atoms with Crippen LogP contribution in [0.5, 0.6) is 0 Å². The number of para-hydroxylation sites is 1. The van der Waals surface area contributed by atoms with Crippen molar-refractivity contribution >= 4 is 28.5 Å². The quantitative estimate of drug-likeness (QED) is 0.814. The molecular weight excluding hydrogens is 306 g/mol. The Morgan fingerprint density at radius 1 is 1.09 bits per heavy atom. The summed E-state index contributed by atoms with van der Waals surface area (Å²) < 4.78 is 12.3. The first-order valence-electron chi connectivity index (χ1n) is 7.51. The van der Waals surface area contributed by atoms with Crippen molar-refractivity contribution in [2.24, 2.45) is 0 Å². The van der Waals surface area contributed by atoms with Crippen molar-refractivity contribution in [3.05, 3.63) is 72.3 Å². The van der Waals surface area contributed by atoms with Gasteiger partial charge in [-0.1, -0.05) is 60.7 Å². The molecule has 0 radical (unpaired) electrons. The van der Waals surface area contributed by atoms with Gasteiger partial charge in [0.2, 0.25) is 5.91 Å².